The third-order valence-corrected chi connectivity index (χ3v) is 4.11. The molecule has 0 spiro atoms. The zero-order valence-corrected chi connectivity index (χ0v) is 16.0. The fourth-order valence-corrected chi connectivity index (χ4v) is 2.65. The second-order valence-electron chi connectivity index (χ2n) is 6.60. The van der Waals surface area contributed by atoms with Gasteiger partial charge in [-0.25, -0.2) is 13.8 Å². The average molecular weight is 398 g/mol. The first kappa shape index (κ1) is 21.7. The monoisotopic (exact) mass is 398 g/mol. The molecule has 0 bridgehead atoms. The summed E-state index contributed by atoms with van der Waals surface area (Å²) in [7, 11) is 0. The molecule has 0 saturated carbocycles. The van der Waals surface area contributed by atoms with Crippen LogP contribution in [-0.2, 0) is 4.79 Å². The zero-order valence-electron chi connectivity index (χ0n) is 16.0. The van der Waals surface area contributed by atoms with E-state index in [2.05, 4.69) is 15.5 Å². The first-order chi connectivity index (χ1) is 13.2. The lowest BCUT2D eigenvalue weighted by atomic mass is 10.0. The van der Waals surface area contributed by atoms with E-state index in [4.69, 9.17) is 14.7 Å². The number of aryl methyl sites for hydroxylation is 1. The second kappa shape index (κ2) is 9.05. The Kier molecular flexibility index (Phi) is 7.00. The molecule has 0 aliphatic carbocycles. The Balaban J connectivity index is 2.03. The fourth-order valence-electron chi connectivity index (χ4n) is 2.65. The smallest absolute Gasteiger partial charge is 0.265 e. The number of nitrogens with zero attached hydrogens (tertiary/aromatic N) is 2. The van der Waals surface area contributed by atoms with Crippen molar-refractivity contribution in [1.82, 2.24) is 15.5 Å². The molecule has 0 unspecified atom stereocenters. The summed E-state index contributed by atoms with van der Waals surface area (Å²) in [6.45, 7) is 4.98. The molecule has 8 nitrogen and oxygen atoms in total. The van der Waals surface area contributed by atoms with Gasteiger partial charge < -0.3 is 20.0 Å². The fraction of sp³-hybridized carbons (Fsp3) is 0.556. The number of aromatic nitrogens is 2. The number of carbonyl (C=O) groups excluding carboxylic acids is 2. The SMILES string of the molecule is CCCC(F)(F)C[C@H](N)C(=O)N[C@@H](CC)C(=O)c1ncc(-c2cc(C)on2)o1. The van der Waals surface area contributed by atoms with Crippen molar-refractivity contribution in [3.63, 3.8) is 0 Å². The summed E-state index contributed by atoms with van der Waals surface area (Å²) >= 11 is 0. The van der Waals surface area contributed by atoms with Gasteiger partial charge in [0.05, 0.1) is 18.3 Å². The summed E-state index contributed by atoms with van der Waals surface area (Å²) in [6, 6.07) is -0.811. The largest absolute Gasteiger partial charge is 0.432 e. The maximum absolute atomic E-state index is 13.7. The van der Waals surface area contributed by atoms with Crippen molar-refractivity contribution >= 4 is 11.7 Å². The van der Waals surface area contributed by atoms with E-state index in [0.29, 0.717) is 11.5 Å². The number of rotatable bonds is 10. The molecule has 0 aliphatic rings. The van der Waals surface area contributed by atoms with Crippen LogP contribution < -0.4 is 11.1 Å². The molecule has 2 heterocycles. The molecule has 0 aliphatic heterocycles. The van der Waals surface area contributed by atoms with Crippen LogP contribution in [0.25, 0.3) is 11.5 Å². The van der Waals surface area contributed by atoms with E-state index in [9.17, 15) is 18.4 Å². The van der Waals surface area contributed by atoms with Gasteiger partial charge in [-0.05, 0) is 13.3 Å². The number of nitrogens with one attached hydrogen (secondary N) is 1. The summed E-state index contributed by atoms with van der Waals surface area (Å²) < 4.78 is 37.7. The Bertz CT molecular complexity index is 818. The van der Waals surface area contributed by atoms with Crippen LogP contribution in [0.5, 0.6) is 0 Å². The van der Waals surface area contributed by atoms with Gasteiger partial charge in [-0.1, -0.05) is 25.4 Å². The Hall–Kier alpha value is -2.62. The van der Waals surface area contributed by atoms with Crippen molar-refractivity contribution in [2.24, 2.45) is 5.73 Å². The van der Waals surface area contributed by atoms with Crippen LogP contribution in [0.2, 0.25) is 0 Å². The summed E-state index contributed by atoms with van der Waals surface area (Å²) in [5.41, 5.74) is 5.97. The number of hydrogen-bond donors (Lipinski definition) is 2. The van der Waals surface area contributed by atoms with Crippen LogP contribution in [0.3, 0.4) is 0 Å². The third kappa shape index (κ3) is 5.44. The molecular formula is C18H24F2N4O4. The number of carbonyl (C=O) groups is 2. The Morgan fingerprint density at radius 3 is 2.64 bits per heavy atom. The van der Waals surface area contributed by atoms with E-state index in [-0.39, 0.29) is 30.9 Å². The van der Waals surface area contributed by atoms with Gasteiger partial charge in [0.15, 0.2) is 11.5 Å². The molecule has 3 N–H and O–H groups in total. The number of halogens is 2. The number of alkyl halides is 2. The molecule has 2 rings (SSSR count). The topological polar surface area (TPSA) is 124 Å². The van der Waals surface area contributed by atoms with Gasteiger partial charge in [0.1, 0.15) is 5.76 Å². The summed E-state index contributed by atoms with van der Waals surface area (Å²) in [6.07, 6.45) is 0.658. The lowest BCUT2D eigenvalue weighted by molar-refractivity contribution is -0.125. The molecular weight excluding hydrogens is 374 g/mol. The highest BCUT2D eigenvalue weighted by molar-refractivity contribution is 5.99. The molecule has 0 fully saturated rings. The van der Waals surface area contributed by atoms with Crippen LogP contribution in [0.1, 0.15) is 56.0 Å². The van der Waals surface area contributed by atoms with E-state index < -0.39 is 36.1 Å². The van der Waals surface area contributed by atoms with Crippen LogP contribution in [0.4, 0.5) is 8.78 Å². The minimum atomic E-state index is -3.04. The molecule has 1 amide bonds. The number of ketones is 1. The molecule has 2 aromatic rings. The van der Waals surface area contributed by atoms with Gasteiger partial charge >= 0.3 is 0 Å². The molecule has 0 radical (unpaired) electrons. The quantitative estimate of drug-likeness (QED) is 0.590. The van der Waals surface area contributed by atoms with Crippen molar-refractivity contribution < 1.29 is 27.3 Å². The van der Waals surface area contributed by atoms with Gasteiger partial charge in [0.2, 0.25) is 17.6 Å². The van der Waals surface area contributed by atoms with Crippen molar-refractivity contribution in [1.29, 1.82) is 0 Å². The molecule has 2 atom stereocenters. The first-order valence-corrected chi connectivity index (χ1v) is 9.04. The minimum absolute atomic E-state index is 0.212. The standard InChI is InChI=1S/C18H24F2N4O4/c1-4-6-18(19,20)8-11(21)16(26)23-12(5-2)15(25)17-22-9-14(27-17)13-7-10(3)28-24-13/h7,9,11-12H,4-6,8,21H2,1-3H3,(H,23,26)/t11-,12-/m0/s1. The van der Waals surface area contributed by atoms with E-state index in [1.165, 1.54) is 6.20 Å². The molecule has 10 heteroatoms. The summed E-state index contributed by atoms with van der Waals surface area (Å²) in [5, 5.41) is 6.17. The second-order valence-corrected chi connectivity index (χ2v) is 6.60. The Labute approximate surface area is 160 Å². The van der Waals surface area contributed by atoms with Gasteiger partial charge in [0, 0.05) is 18.9 Å². The number of hydrogen-bond acceptors (Lipinski definition) is 7. The maximum Gasteiger partial charge on any atom is 0.265 e. The highest BCUT2D eigenvalue weighted by Crippen LogP contribution is 2.25. The third-order valence-electron chi connectivity index (χ3n) is 4.11. The minimum Gasteiger partial charge on any atom is -0.432 e. The van der Waals surface area contributed by atoms with Crippen LogP contribution >= 0.6 is 0 Å². The van der Waals surface area contributed by atoms with E-state index in [1.54, 1.807) is 26.8 Å². The van der Waals surface area contributed by atoms with Gasteiger partial charge in [-0.15, -0.1) is 0 Å². The summed E-state index contributed by atoms with van der Waals surface area (Å²) in [5.74, 6) is -3.88. The summed E-state index contributed by atoms with van der Waals surface area (Å²) in [4.78, 5) is 28.6. The lowest BCUT2D eigenvalue weighted by Crippen LogP contribution is -2.50. The number of Topliss-reactive ketones (excluding diaryl/α,β-unsaturated/α-hetero) is 1. The van der Waals surface area contributed by atoms with Crippen molar-refractivity contribution in [3.8, 4) is 11.5 Å². The van der Waals surface area contributed by atoms with Crippen LogP contribution in [-0.4, -0.2) is 39.8 Å². The highest BCUT2D eigenvalue weighted by atomic mass is 19.3. The Morgan fingerprint density at radius 2 is 2.07 bits per heavy atom. The molecule has 28 heavy (non-hydrogen) atoms. The first-order valence-electron chi connectivity index (χ1n) is 9.04. The van der Waals surface area contributed by atoms with E-state index >= 15 is 0 Å². The van der Waals surface area contributed by atoms with Gasteiger partial charge in [-0.3, -0.25) is 9.59 Å². The average Bonchev–Trinajstić information content (AvgIpc) is 3.27. The predicted octanol–water partition coefficient (Wildman–Crippen LogP) is 2.87. The van der Waals surface area contributed by atoms with Gasteiger partial charge in [-0.2, -0.15) is 0 Å². The van der Waals surface area contributed by atoms with Crippen molar-refractivity contribution in [2.45, 2.75) is 64.5 Å². The normalized spacial score (nSPS) is 13.9. The van der Waals surface area contributed by atoms with E-state index in [0.717, 1.165) is 0 Å². The van der Waals surface area contributed by atoms with Gasteiger partial charge in [0.25, 0.3) is 5.89 Å². The van der Waals surface area contributed by atoms with E-state index in [1.807, 2.05) is 0 Å². The zero-order chi connectivity index (χ0) is 20.9. The highest BCUT2D eigenvalue weighted by Gasteiger charge is 2.34. The van der Waals surface area contributed by atoms with Crippen molar-refractivity contribution in [2.75, 3.05) is 0 Å². The van der Waals surface area contributed by atoms with Crippen LogP contribution in [0, 0.1) is 6.92 Å². The molecule has 0 aromatic carbocycles. The maximum atomic E-state index is 13.7. The van der Waals surface area contributed by atoms with Crippen LogP contribution in [0.15, 0.2) is 21.2 Å². The number of nitrogens with two attached hydrogens (primary N) is 1. The lowest BCUT2D eigenvalue weighted by Gasteiger charge is -2.21. The predicted molar refractivity (Wildman–Crippen MR) is 95.7 cm³/mol. The molecule has 0 saturated heterocycles. The number of amides is 1. The molecule has 154 valence electrons. The van der Waals surface area contributed by atoms with Crippen molar-refractivity contribution in [3.05, 3.63) is 23.9 Å². The number of oxazole rings is 1. The molecule has 2 aromatic heterocycles. The Morgan fingerprint density at radius 1 is 1.36 bits per heavy atom.